The standard InChI is InChI=1S/C17H11BrClNO4/c18-11-3-6-14(13(19)9-11)24-17(23)10-1-4-12(5-2-10)20-15(21)7-8-16(20)22/h1-6,9H,7-8H2. The normalized spacial score (nSPS) is 14.2. The van der Waals surface area contributed by atoms with Crippen molar-refractivity contribution in [2.45, 2.75) is 12.8 Å². The second-order valence-corrected chi connectivity index (χ2v) is 6.46. The predicted octanol–water partition coefficient (Wildman–Crippen LogP) is 3.98. The van der Waals surface area contributed by atoms with Crippen molar-refractivity contribution in [1.82, 2.24) is 0 Å². The molecule has 1 saturated heterocycles. The van der Waals surface area contributed by atoms with E-state index in [0.717, 1.165) is 9.37 Å². The van der Waals surface area contributed by atoms with Crippen LogP contribution in [0.25, 0.3) is 0 Å². The van der Waals surface area contributed by atoms with Gasteiger partial charge in [-0.15, -0.1) is 0 Å². The number of carbonyl (C=O) groups is 3. The largest absolute Gasteiger partial charge is 0.421 e. The summed E-state index contributed by atoms with van der Waals surface area (Å²) in [5.41, 5.74) is 0.734. The van der Waals surface area contributed by atoms with E-state index in [1.54, 1.807) is 30.3 Å². The van der Waals surface area contributed by atoms with Gasteiger partial charge in [-0.05, 0) is 42.5 Å². The molecule has 7 heteroatoms. The first-order chi connectivity index (χ1) is 11.5. The maximum atomic E-state index is 12.2. The summed E-state index contributed by atoms with van der Waals surface area (Å²) in [7, 11) is 0. The zero-order valence-corrected chi connectivity index (χ0v) is 14.6. The molecule has 24 heavy (non-hydrogen) atoms. The summed E-state index contributed by atoms with van der Waals surface area (Å²) in [6, 6.07) is 11.0. The molecule has 1 fully saturated rings. The number of nitrogens with zero attached hydrogens (tertiary/aromatic N) is 1. The Labute approximate surface area is 151 Å². The molecule has 1 heterocycles. The van der Waals surface area contributed by atoms with Crippen LogP contribution in [0.2, 0.25) is 5.02 Å². The molecular weight excluding hydrogens is 398 g/mol. The SMILES string of the molecule is O=C(Oc1ccc(Br)cc1Cl)c1ccc(N2C(=O)CCC2=O)cc1. The van der Waals surface area contributed by atoms with Crippen LogP contribution in [0.3, 0.4) is 0 Å². The highest BCUT2D eigenvalue weighted by Crippen LogP contribution is 2.29. The third-order valence-electron chi connectivity index (χ3n) is 3.51. The molecule has 0 unspecified atom stereocenters. The first-order valence-electron chi connectivity index (χ1n) is 7.09. The van der Waals surface area contributed by atoms with Gasteiger partial charge in [-0.2, -0.15) is 0 Å². The third-order valence-corrected chi connectivity index (χ3v) is 4.30. The number of imide groups is 1. The molecule has 2 aromatic rings. The molecule has 0 N–H and O–H groups in total. The average Bonchev–Trinajstić information content (AvgIpc) is 2.89. The highest BCUT2D eigenvalue weighted by atomic mass is 79.9. The minimum atomic E-state index is -0.579. The van der Waals surface area contributed by atoms with Gasteiger partial charge in [0.1, 0.15) is 5.75 Å². The summed E-state index contributed by atoms with van der Waals surface area (Å²) in [5, 5.41) is 0.308. The number of amides is 2. The highest BCUT2D eigenvalue weighted by molar-refractivity contribution is 9.10. The van der Waals surface area contributed by atoms with Gasteiger partial charge < -0.3 is 4.74 Å². The van der Waals surface area contributed by atoms with E-state index < -0.39 is 5.97 Å². The van der Waals surface area contributed by atoms with Gasteiger partial charge in [-0.1, -0.05) is 27.5 Å². The van der Waals surface area contributed by atoms with Crippen LogP contribution in [-0.4, -0.2) is 17.8 Å². The summed E-state index contributed by atoms with van der Waals surface area (Å²) in [6.45, 7) is 0. The first-order valence-corrected chi connectivity index (χ1v) is 8.26. The van der Waals surface area contributed by atoms with Crippen molar-refractivity contribution in [1.29, 1.82) is 0 Å². The minimum Gasteiger partial charge on any atom is -0.421 e. The van der Waals surface area contributed by atoms with Crippen LogP contribution < -0.4 is 9.64 Å². The number of rotatable bonds is 3. The van der Waals surface area contributed by atoms with Crippen molar-refractivity contribution in [2.24, 2.45) is 0 Å². The van der Waals surface area contributed by atoms with Crippen molar-refractivity contribution in [2.75, 3.05) is 4.90 Å². The Bertz CT molecular complexity index is 819. The van der Waals surface area contributed by atoms with Crippen LogP contribution in [0, 0.1) is 0 Å². The van der Waals surface area contributed by atoms with E-state index in [1.807, 2.05) is 0 Å². The molecule has 5 nitrogen and oxygen atoms in total. The summed E-state index contributed by atoms with van der Waals surface area (Å²) in [6.07, 6.45) is 0.426. The van der Waals surface area contributed by atoms with Crippen molar-refractivity contribution in [3.63, 3.8) is 0 Å². The lowest BCUT2D eigenvalue weighted by atomic mass is 10.2. The van der Waals surface area contributed by atoms with Gasteiger partial charge in [0.2, 0.25) is 11.8 Å². The van der Waals surface area contributed by atoms with Gasteiger partial charge in [0.15, 0.2) is 0 Å². The predicted molar refractivity (Wildman–Crippen MR) is 92.3 cm³/mol. The Balaban J connectivity index is 1.76. The monoisotopic (exact) mass is 407 g/mol. The quantitative estimate of drug-likeness (QED) is 0.438. The molecule has 0 bridgehead atoms. The Morgan fingerprint density at radius 1 is 1.04 bits per heavy atom. The fourth-order valence-electron chi connectivity index (χ4n) is 2.33. The van der Waals surface area contributed by atoms with Crippen molar-refractivity contribution < 1.29 is 19.1 Å². The molecule has 2 amide bonds. The van der Waals surface area contributed by atoms with E-state index in [1.165, 1.54) is 12.1 Å². The van der Waals surface area contributed by atoms with E-state index in [9.17, 15) is 14.4 Å². The summed E-state index contributed by atoms with van der Waals surface area (Å²) in [4.78, 5) is 36.7. The van der Waals surface area contributed by atoms with E-state index in [-0.39, 0.29) is 36.0 Å². The lowest BCUT2D eigenvalue weighted by Gasteiger charge is -2.14. The minimum absolute atomic E-state index is 0.213. The van der Waals surface area contributed by atoms with Crippen LogP contribution >= 0.6 is 27.5 Å². The molecule has 1 aliphatic heterocycles. The maximum Gasteiger partial charge on any atom is 0.343 e. The fraction of sp³-hybridized carbons (Fsp3) is 0.118. The summed E-state index contributed by atoms with van der Waals surface area (Å²) < 4.78 is 6.03. The maximum absolute atomic E-state index is 12.2. The van der Waals surface area contributed by atoms with E-state index in [4.69, 9.17) is 16.3 Å². The van der Waals surface area contributed by atoms with Gasteiger partial charge in [-0.3, -0.25) is 14.5 Å². The number of carbonyl (C=O) groups excluding carboxylic acids is 3. The number of esters is 1. The number of hydrogen-bond acceptors (Lipinski definition) is 4. The van der Waals surface area contributed by atoms with Gasteiger partial charge >= 0.3 is 5.97 Å². The number of hydrogen-bond donors (Lipinski definition) is 0. The Hall–Kier alpha value is -2.18. The molecule has 1 aliphatic rings. The third kappa shape index (κ3) is 3.34. The first kappa shape index (κ1) is 16.7. The average molecular weight is 409 g/mol. The van der Waals surface area contributed by atoms with Crippen molar-refractivity contribution in [3.8, 4) is 5.75 Å². The van der Waals surface area contributed by atoms with Crippen molar-refractivity contribution >= 4 is 51.0 Å². The molecular formula is C17H11BrClNO4. The molecule has 0 atom stereocenters. The van der Waals surface area contributed by atoms with E-state index in [2.05, 4.69) is 15.9 Å². The molecule has 2 aromatic carbocycles. The van der Waals surface area contributed by atoms with Crippen LogP contribution in [-0.2, 0) is 9.59 Å². The lowest BCUT2D eigenvalue weighted by Crippen LogP contribution is -2.28. The lowest BCUT2D eigenvalue weighted by molar-refractivity contribution is -0.121. The smallest absolute Gasteiger partial charge is 0.343 e. The Morgan fingerprint density at radius 2 is 1.67 bits per heavy atom. The molecule has 0 spiro atoms. The number of halogens is 2. The van der Waals surface area contributed by atoms with Gasteiger partial charge in [0.05, 0.1) is 16.3 Å². The fourth-order valence-corrected chi connectivity index (χ4v) is 3.04. The zero-order valence-electron chi connectivity index (χ0n) is 12.3. The molecule has 0 radical (unpaired) electrons. The van der Waals surface area contributed by atoms with Crippen LogP contribution in [0.5, 0.6) is 5.75 Å². The second-order valence-electron chi connectivity index (χ2n) is 5.13. The number of anilines is 1. The van der Waals surface area contributed by atoms with Gasteiger partial charge in [0, 0.05) is 17.3 Å². The highest BCUT2D eigenvalue weighted by Gasteiger charge is 2.30. The molecule has 0 saturated carbocycles. The van der Waals surface area contributed by atoms with Gasteiger partial charge in [0.25, 0.3) is 0 Å². The van der Waals surface area contributed by atoms with E-state index >= 15 is 0 Å². The Kier molecular flexibility index (Phi) is 4.69. The topological polar surface area (TPSA) is 63.7 Å². The van der Waals surface area contributed by atoms with Gasteiger partial charge in [-0.25, -0.2) is 4.79 Å². The van der Waals surface area contributed by atoms with Crippen LogP contribution in [0.4, 0.5) is 5.69 Å². The molecule has 3 rings (SSSR count). The van der Waals surface area contributed by atoms with Crippen molar-refractivity contribution in [3.05, 3.63) is 57.5 Å². The summed E-state index contributed by atoms with van der Waals surface area (Å²) in [5.74, 6) is -0.808. The Morgan fingerprint density at radius 3 is 2.25 bits per heavy atom. The van der Waals surface area contributed by atoms with Crippen LogP contribution in [0.1, 0.15) is 23.2 Å². The summed E-state index contributed by atoms with van der Waals surface area (Å²) >= 11 is 9.29. The second kappa shape index (κ2) is 6.75. The molecule has 0 aliphatic carbocycles. The van der Waals surface area contributed by atoms with E-state index in [0.29, 0.717) is 10.7 Å². The zero-order chi connectivity index (χ0) is 17.3. The van der Waals surface area contributed by atoms with Crippen LogP contribution in [0.15, 0.2) is 46.9 Å². The molecule has 122 valence electrons. The number of benzene rings is 2. The number of ether oxygens (including phenoxy) is 1. The molecule has 0 aromatic heterocycles.